The zero-order valence-electron chi connectivity index (χ0n) is 21.0. The van der Waals surface area contributed by atoms with Crippen molar-refractivity contribution in [1.29, 1.82) is 0 Å². The number of hydrogen-bond donors (Lipinski definition) is 1. The largest absolute Gasteiger partial charge is 0.512 e. The molecule has 3 rings (SSSR count). The molecule has 0 fully saturated rings. The molecule has 34 heavy (non-hydrogen) atoms. The van der Waals surface area contributed by atoms with Crippen molar-refractivity contribution >= 4 is 16.8 Å². The van der Waals surface area contributed by atoms with Gasteiger partial charge in [-0.1, -0.05) is 41.5 Å². The Morgan fingerprint density at radius 1 is 1.06 bits per heavy atom. The van der Waals surface area contributed by atoms with Gasteiger partial charge in [-0.3, -0.25) is 4.79 Å². The molecule has 3 aromatic rings. The second-order valence-electron chi connectivity index (χ2n) is 8.71. The Kier molecular flexibility index (Phi) is 11.7. The number of aliphatic hydroxyl groups is 1. The van der Waals surface area contributed by atoms with Crippen LogP contribution in [0.2, 0.25) is 0 Å². The summed E-state index contributed by atoms with van der Waals surface area (Å²) in [4.78, 5) is 16.4. The third-order valence-electron chi connectivity index (χ3n) is 6.83. The van der Waals surface area contributed by atoms with Crippen molar-refractivity contribution in [3.63, 3.8) is 0 Å². The first-order valence-corrected chi connectivity index (χ1v) is 11.6. The van der Waals surface area contributed by atoms with Crippen LogP contribution < -0.4 is 4.74 Å². The minimum absolute atomic E-state index is 0. The van der Waals surface area contributed by atoms with Crippen molar-refractivity contribution in [2.24, 2.45) is 10.8 Å². The van der Waals surface area contributed by atoms with E-state index >= 15 is 0 Å². The normalized spacial score (nSPS) is 11.9. The van der Waals surface area contributed by atoms with Gasteiger partial charge in [0.15, 0.2) is 5.78 Å². The molecule has 0 atom stereocenters. The first-order valence-electron chi connectivity index (χ1n) is 11.6. The molecule has 0 spiro atoms. The second kappa shape index (κ2) is 13.5. The van der Waals surface area contributed by atoms with Gasteiger partial charge >= 0.3 is 0 Å². The Labute approximate surface area is 217 Å². The summed E-state index contributed by atoms with van der Waals surface area (Å²) in [5.41, 5.74) is 0.162. The van der Waals surface area contributed by atoms with Gasteiger partial charge in [0.05, 0.1) is 11.6 Å². The van der Waals surface area contributed by atoms with Gasteiger partial charge in [0.25, 0.3) is 0 Å². The number of ether oxygens (including phenoxy) is 1. The molecule has 0 aliphatic carbocycles. The van der Waals surface area contributed by atoms with E-state index in [2.05, 4.69) is 11.1 Å². The van der Waals surface area contributed by atoms with Crippen LogP contribution in [0.15, 0.2) is 65.1 Å². The molecule has 6 heteroatoms. The van der Waals surface area contributed by atoms with Gasteiger partial charge in [-0.25, -0.2) is 4.98 Å². The van der Waals surface area contributed by atoms with Crippen LogP contribution in [0.5, 0.6) is 11.6 Å². The van der Waals surface area contributed by atoms with E-state index in [1.54, 1.807) is 24.6 Å². The molecule has 0 saturated heterocycles. The minimum atomic E-state index is -0.337. The smallest absolute Gasteiger partial charge is 0.228 e. The van der Waals surface area contributed by atoms with Gasteiger partial charge in [-0.05, 0) is 37.8 Å². The number of furan rings is 1. The van der Waals surface area contributed by atoms with E-state index in [9.17, 15) is 9.90 Å². The van der Waals surface area contributed by atoms with E-state index in [0.717, 1.165) is 36.7 Å². The van der Waals surface area contributed by atoms with Crippen LogP contribution in [-0.2, 0) is 24.9 Å². The topological polar surface area (TPSA) is 72.6 Å². The number of aliphatic hydroxyl groups excluding tert-OH is 1. The van der Waals surface area contributed by atoms with Crippen LogP contribution in [0.3, 0.4) is 0 Å². The second-order valence-corrected chi connectivity index (χ2v) is 8.71. The Balaban J connectivity index is 0.000000330. The Bertz CT molecular complexity index is 1050. The maximum absolute atomic E-state index is 12.2. The Hall–Kier alpha value is -2.43. The SMILES string of the molecule is CCC(C)(CC)C(=O)/C=C(\O)C(C)(CC)CC.[Ir].[c-]1ccccc1Oc1nccc2occc12. The Morgan fingerprint density at radius 3 is 2.26 bits per heavy atom. The van der Waals surface area contributed by atoms with E-state index in [1.807, 2.05) is 65.8 Å². The molecule has 187 valence electrons. The quantitative estimate of drug-likeness (QED) is 0.145. The zero-order chi connectivity index (χ0) is 24.5. The van der Waals surface area contributed by atoms with Gasteiger partial charge in [0.1, 0.15) is 11.3 Å². The summed E-state index contributed by atoms with van der Waals surface area (Å²) in [6, 6.07) is 14.0. The fourth-order valence-corrected chi connectivity index (χ4v) is 3.18. The first kappa shape index (κ1) is 29.6. The van der Waals surface area contributed by atoms with Crippen LogP contribution >= 0.6 is 0 Å². The molecule has 1 aromatic carbocycles. The van der Waals surface area contributed by atoms with Crippen molar-refractivity contribution in [3.05, 3.63) is 66.8 Å². The summed E-state index contributed by atoms with van der Waals surface area (Å²) in [5.74, 6) is 1.46. The fourth-order valence-electron chi connectivity index (χ4n) is 3.18. The van der Waals surface area contributed by atoms with Gasteiger partial charge < -0.3 is 14.3 Å². The van der Waals surface area contributed by atoms with Gasteiger partial charge in [-0.2, -0.15) is 18.2 Å². The zero-order valence-corrected chi connectivity index (χ0v) is 23.4. The number of pyridine rings is 1. The number of hydrogen-bond acceptors (Lipinski definition) is 5. The molecule has 0 aliphatic rings. The van der Waals surface area contributed by atoms with Crippen LogP contribution in [0.1, 0.15) is 67.2 Å². The maximum atomic E-state index is 12.2. The number of aromatic nitrogens is 1. The van der Waals surface area contributed by atoms with Crippen LogP contribution in [0.4, 0.5) is 0 Å². The number of ketones is 1. The average Bonchev–Trinajstić information content (AvgIpc) is 3.34. The number of fused-ring (bicyclic) bond motifs is 1. The van der Waals surface area contributed by atoms with Gasteiger partial charge in [0, 0.05) is 49.0 Å². The molecule has 0 unspecified atom stereocenters. The molecule has 0 amide bonds. The van der Waals surface area contributed by atoms with Crippen molar-refractivity contribution in [3.8, 4) is 11.6 Å². The number of para-hydroxylation sites is 1. The van der Waals surface area contributed by atoms with Crippen LogP contribution in [0.25, 0.3) is 11.0 Å². The molecular weight excluding hydrogens is 607 g/mol. The molecule has 1 radical (unpaired) electrons. The number of carbonyl (C=O) groups is 1. The van der Waals surface area contributed by atoms with Crippen molar-refractivity contribution in [2.45, 2.75) is 67.2 Å². The summed E-state index contributed by atoms with van der Waals surface area (Å²) >= 11 is 0. The van der Waals surface area contributed by atoms with Crippen LogP contribution in [0, 0.1) is 16.9 Å². The molecule has 0 aliphatic heterocycles. The predicted octanol–water partition coefficient (Wildman–Crippen LogP) is 8.07. The standard InChI is InChI=1S/C15H28O2.C13H8NO2.Ir/c1-7-14(5,8-2)12(16)11-13(17)15(6,9-3)10-4;1-2-4-10(5-3-1)16-13-11-7-9-15-12(11)6-8-14-13;/h11,16H,7-10H2,1-6H3;1-4,6-9H;/q;-1;/b12-11-;;. The number of rotatable bonds is 9. The number of allylic oxidation sites excluding steroid dienone is 2. The molecule has 2 heterocycles. The average molecular weight is 643 g/mol. The molecule has 0 saturated carbocycles. The van der Waals surface area contributed by atoms with E-state index in [4.69, 9.17) is 9.15 Å². The fraction of sp³-hybridized carbons (Fsp3) is 0.429. The van der Waals surface area contributed by atoms with E-state index in [0.29, 0.717) is 11.6 Å². The first-order chi connectivity index (χ1) is 15.7. The third-order valence-corrected chi connectivity index (χ3v) is 6.83. The predicted molar refractivity (Wildman–Crippen MR) is 132 cm³/mol. The monoisotopic (exact) mass is 643 g/mol. The van der Waals surface area contributed by atoms with E-state index in [-0.39, 0.29) is 42.5 Å². The number of benzene rings is 1. The molecule has 5 nitrogen and oxygen atoms in total. The summed E-state index contributed by atoms with van der Waals surface area (Å²) in [7, 11) is 0. The summed E-state index contributed by atoms with van der Waals surface area (Å²) in [5, 5.41) is 11.0. The van der Waals surface area contributed by atoms with E-state index < -0.39 is 0 Å². The third kappa shape index (κ3) is 7.28. The van der Waals surface area contributed by atoms with Gasteiger partial charge in [-0.15, -0.1) is 12.1 Å². The summed E-state index contributed by atoms with van der Waals surface area (Å²) in [6.07, 6.45) is 8.03. The maximum Gasteiger partial charge on any atom is 0.228 e. The van der Waals surface area contributed by atoms with Crippen molar-refractivity contribution < 1.29 is 39.2 Å². The number of carbonyl (C=O) groups excluding carboxylic acids is 1. The summed E-state index contributed by atoms with van der Waals surface area (Å²) in [6.45, 7) is 12.1. The molecule has 1 N–H and O–H groups in total. The van der Waals surface area contributed by atoms with Gasteiger partial charge in [0.2, 0.25) is 5.88 Å². The van der Waals surface area contributed by atoms with Crippen molar-refractivity contribution in [1.82, 2.24) is 4.98 Å². The van der Waals surface area contributed by atoms with Crippen molar-refractivity contribution in [2.75, 3.05) is 0 Å². The van der Waals surface area contributed by atoms with Crippen LogP contribution in [-0.4, -0.2) is 15.9 Å². The molecular formula is C28H36IrNO4-. The molecule has 2 aromatic heterocycles. The minimum Gasteiger partial charge on any atom is -0.512 e. The molecule has 0 bridgehead atoms. The summed E-state index contributed by atoms with van der Waals surface area (Å²) < 4.78 is 10.9. The number of nitrogens with zero attached hydrogens (tertiary/aromatic N) is 1. The Morgan fingerprint density at radius 2 is 1.71 bits per heavy atom. The van der Waals surface area contributed by atoms with E-state index in [1.165, 1.54) is 6.08 Å².